The molecule has 0 unspecified atom stereocenters. The monoisotopic (exact) mass is 285 g/mol. The number of H-pyrrole nitrogens is 1. The van der Waals surface area contributed by atoms with Gasteiger partial charge in [0.1, 0.15) is 24.1 Å². The highest BCUT2D eigenvalue weighted by Crippen LogP contribution is 2.23. The molecule has 2 N–H and O–H groups in total. The van der Waals surface area contributed by atoms with E-state index in [1.54, 1.807) is 12.4 Å². The molecule has 1 fully saturated rings. The summed E-state index contributed by atoms with van der Waals surface area (Å²) in [4.78, 5) is 24.3. The van der Waals surface area contributed by atoms with Crippen LogP contribution in [0.3, 0.4) is 0 Å². The van der Waals surface area contributed by atoms with Crippen molar-refractivity contribution in [3.05, 3.63) is 30.9 Å². The Hall–Kier alpha value is -2.37. The Morgan fingerprint density at radius 3 is 3.19 bits per heavy atom. The number of likely N-dealkylation sites (tertiary alicyclic amines) is 1. The third-order valence-corrected chi connectivity index (χ3v) is 3.98. The molecule has 0 radical (unpaired) electrons. The zero-order chi connectivity index (χ0) is 14.7. The van der Waals surface area contributed by atoms with Gasteiger partial charge in [-0.15, -0.1) is 0 Å². The Bertz CT molecular complexity index is 650. The van der Waals surface area contributed by atoms with E-state index in [0.29, 0.717) is 12.1 Å². The highest BCUT2D eigenvalue weighted by Gasteiger charge is 2.23. The van der Waals surface area contributed by atoms with Crippen molar-refractivity contribution in [2.45, 2.75) is 31.8 Å². The summed E-state index contributed by atoms with van der Waals surface area (Å²) in [6.45, 7) is 3.04. The lowest BCUT2D eigenvalue weighted by Gasteiger charge is -2.37. The van der Waals surface area contributed by atoms with Crippen molar-refractivity contribution in [1.29, 1.82) is 0 Å². The largest absolute Gasteiger partial charge is 0.373 e. The van der Waals surface area contributed by atoms with Gasteiger partial charge in [-0.25, -0.2) is 9.97 Å². The number of rotatable bonds is 4. The maximum atomic E-state index is 10.5. The number of carbonyl (C=O) groups excluding carboxylic acids is 1. The van der Waals surface area contributed by atoms with E-state index in [-0.39, 0.29) is 0 Å². The van der Waals surface area contributed by atoms with Crippen LogP contribution in [-0.2, 0) is 4.79 Å². The Balaban J connectivity index is 1.74. The Morgan fingerprint density at radius 1 is 1.43 bits per heavy atom. The Labute approximate surface area is 123 Å². The molecule has 1 saturated heterocycles. The average Bonchev–Trinajstić information content (AvgIpc) is 2.97. The van der Waals surface area contributed by atoms with Crippen LogP contribution in [0.15, 0.2) is 30.9 Å². The van der Waals surface area contributed by atoms with Crippen LogP contribution in [0.1, 0.15) is 19.8 Å². The van der Waals surface area contributed by atoms with Crippen LogP contribution in [0.2, 0.25) is 0 Å². The van der Waals surface area contributed by atoms with E-state index in [2.05, 4.69) is 32.1 Å². The van der Waals surface area contributed by atoms with Crippen LogP contribution in [0.25, 0.3) is 11.0 Å². The van der Waals surface area contributed by atoms with Gasteiger partial charge in [0, 0.05) is 31.0 Å². The number of aromatic amines is 1. The van der Waals surface area contributed by atoms with E-state index in [1.165, 1.54) is 0 Å². The molecule has 1 aliphatic heterocycles. The SMILES string of the molecule is C[C@H]1CC[C@@H](Nc2ncnc3[nH]ccc23)CN1C=CC=O. The van der Waals surface area contributed by atoms with Crippen molar-refractivity contribution >= 4 is 23.1 Å². The minimum atomic E-state index is 0.311. The fourth-order valence-corrected chi connectivity index (χ4v) is 2.79. The molecule has 2 aromatic heterocycles. The number of anilines is 1. The number of piperidine rings is 1. The summed E-state index contributed by atoms with van der Waals surface area (Å²) >= 11 is 0. The lowest BCUT2D eigenvalue weighted by atomic mass is 10.00. The third kappa shape index (κ3) is 2.89. The van der Waals surface area contributed by atoms with E-state index in [1.807, 2.05) is 18.5 Å². The number of fused-ring (bicyclic) bond motifs is 1. The van der Waals surface area contributed by atoms with E-state index in [9.17, 15) is 4.79 Å². The van der Waals surface area contributed by atoms with Crippen molar-refractivity contribution in [3.63, 3.8) is 0 Å². The van der Waals surface area contributed by atoms with Crippen LogP contribution in [0.4, 0.5) is 5.82 Å². The second-order valence-corrected chi connectivity index (χ2v) is 5.40. The number of nitrogens with one attached hydrogen (secondary N) is 2. The third-order valence-electron chi connectivity index (χ3n) is 3.98. The highest BCUT2D eigenvalue weighted by atomic mass is 16.1. The molecule has 0 bridgehead atoms. The van der Waals surface area contributed by atoms with Gasteiger partial charge in [0.15, 0.2) is 0 Å². The second-order valence-electron chi connectivity index (χ2n) is 5.40. The van der Waals surface area contributed by atoms with Crippen LogP contribution in [-0.4, -0.2) is 44.8 Å². The first kappa shape index (κ1) is 13.6. The molecule has 6 nitrogen and oxygen atoms in total. The average molecular weight is 285 g/mol. The van der Waals surface area contributed by atoms with Gasteiger partial charge in [-0.3, -0.25) is 4.79 Å². The second kappa shape index (κ2) is 5.95. The van der Waals surface area contributed by atoms with Gasteiger partial charge in [0.25, 0.3) is 0 Å². The zero-order valence-electron chi connectivity index (χ0n) is 12.0. The lowest BCUT2D eigenvalue weighted by molar-refractivity contribution is -0.104. The summed E-state index contributed by atoms with van der Waals surface area (Å²) in [5, 5.41) is 4.51. The van der Waals surface area contributed by atoms with Crippen molar-refractivity contribution < 1.29 is 4.79 Å². The molecule has 0 aromatic carbocycles. The zero-order valence-corrected chi connectivity index (χ0v) is 12.0. The molecule has 1 aliphatic rings. The van der Waals surface area contributed by atoms with Gasteiger partial charge in [0.2, 0.25) is 0 Å². The first-order valence-electron chi connectivity index (χ1n) is 7.20. The molecule has 21 heavy (non-hydrogen) atoms. The van der Waals surface area contributed by atoms with Crippen molar-refractivity contribution in [2.75, 3.05) is 11.9 Å². The van der Waals surface area contributed by atoms with Crippen LogP contribution in [0.5, 0.6) is 0 Å². The van der Waals surface area contributed by atoms with Gasteiger partial charge in [0.05, 0.1) is 5.39 Å². The number of aromatic nitrogens is 3. The molecular formula is C15H19N5O. The first-order valence-corrected chi connectivity index (χ1v) is 7.20. The molecular weight excluding hydrogens is 266 g/mol. The minimum absolute atomic E-state index is 0.311. The summed E-state index contributed by atoms with van der Waals surface area (Å²) < 4.78 is 0. The molecule has 2 atom stereocenters. The molecule has 6 heteroatoms. The van der Waals surface area contributed by atoms with Crippen LogP contribution >= 0.6 is 0 Å². The predicted octanol–water partition coefficient (Wildman–Crippen LogP) is 1.94. The maximum Gasteiger partial charge on any atom is 0.144 e. The fraction of sp³-hybridized carbons (Fsp3) is 0.400. The number of aldehydes is 1. The van der Waals surface area contributed by atoms with Crippen LogP contribution < -0.4 is 5.32 Å². The molecule has 3 rings (SSSR count). The number of nitrogens with zero attached hydrogens (tertiary/aromatic N) is 3. The molecule has 0 spiro atoms. The van der Waals surface area contributed by atoms with Gasteiger partial charge < -0.3 is 15.2 Å². The molecule has 3 heterocycles. The van der Waals surface area contributed by atoms with Gasteiger partial charge in [-0.2, -0.15) is 0 Å². The Morgan fingerprint density at radius 2 is 2.33 bits per heavy atom. The molecule has 0 amide bonds. The standard InChI is InChI=1S/C15H19N5O/c1-11-3-4-12(9-20(11)7-2-8-21)19-15-13-5-6-16-14(13)17-10-18-15/h2,5-8,10-12H,3-4,9H2,1H3,(H2,16,17,18,19)/t11-,12+/m0/s1. The van der Waals surface area contributed by atoms with E-state index >= 15 is 0 Å². The summed E-state index contributed by atoms with van der Waals surface area (Å²) in [6.07, 6.45) is 9.84. The van der Waals surface area contributed by atoms with Crippen molar-refractivity contribution in [1.82, 2.24) is 19.9 Å². The Kier molecular flexibility index (Phi) is 3.85. The maximum absolute atomic E-state index is 10.5. The highest BCUT2D eigenvalue weighted by molar-refractivity contribution is 5.86. The normalized spacial score (nSPS) is 22.8. The van der Waals surface area contributed by atoms with Gasteiger partial charge >= 0.3 is 0 Å². The van der Waals surface area contributed by atoms with E-state index in [0.717, 1.165) is 42.5 Å². The molecule has 0 saturated carbocycles. The number of hydrogen-bond donors (Lipinski definition) is 2. The molecule has 0 aliphatic carbocycles. The van der Waals surface area contributed by atoms with E-state index < -0.39 is 0 Å². The molecule has 110 valence electrons. The topological polar surface area (TPSA) is 73.9 Å². The fourth-order valence-electron chi connectivity index (χ4n) is 2.79. The smallest absolute Gasteiger partial charge is 0.144 e. The summed E-state index contributed by atoms with van der Waals surface area (Å²) in [5.74, 6) is 0.861. The van der Waals surface area contributed by atoms with Crippen LogP contribution in [0, 0.1) is 0 Å². The summed E-state index contributed by atoms with van der Waals surface area (Å²) in [7, 11) is 0. The quantitative estimate of drug-likeness (QED) is 0.663. The lowest BCUT2D eigenvalue weighted by Crippen LogP contribution is -2.44. The van der Waals surface area contributed by atoms with Crippen molar-refractivity contribution in [3.8, 4) is 0 Å². The minimum Gasteiger partial charge on any atom is -0.373 e. The number of allylic oxidation sites excluding steroid dienone is 1. The predicted molar refractivity (Wildman–Crippen MR) is 81.9 cm³/mol. The van der Waals surface area contributed by atoms with E-state index in [4.69, 9.17) is 0 Å². The van der Waals surface area contributed by atoms with Gasteiger partial charge in [-0.05, 0) is 31.9 Å². The number of hydrogen-bond acceptors (Lipinski definition) is 5. The van der Waals surface area contributed by atoms with Gasteiger partial charge in [-0.1, -0.05) is 0 Å². The first-order chi connectivity index (χ1) is 10.3. The number of carbonyl (C=O) groups is 1. The molecule has 2 aromatic rings. The summed E-state index contributed by atoms with van der Waals surface area (Å²) in [5.41, 5.74) is 0.842. The van der Waals surface area contributed by atoms with Crippen molar-refractivity contribution in [2.24, 2.45) is 0 Å². The summed E-state index contributed by atoms with van der Waals surface area (Å²) in [6, 6.07) is 2.75.